The van der Waals surface area contributed by atoms with Crippen LogP contribution in [0, 0.1) is 18.3 Å². The van der Waals surface area contributed by atoms with Crippen molar-refractivity contribution in [3.8, 4) is 6.07 Å². The van der Waals surface area contributed by atoms with Gasteiger partial charge in [0.25, 0.3) is 0 Å². The minimum Gasteiger partial charge on any atom is -0.356 e. The van der Waals surface area contributed by atoms with Crippen molar-refractivity contribution in [1.82, 2.24) is 30.7 Å². The largest absolute Gasteiger partial charge is 0.356 e. The Bertz CT molecular complexity index is 2340. The summed E-state index contributed by atoms with van der Waals surface area (Å²) < 4.78 is 0. The topological polar surface area (TPSA) is 138 Å². The fourth-order valence-corrected chi connectivity index (χ4v) is 10.4. The maximum absolute atomic E-state index is 12.8. The lowest BCUT2D eigenvalue weighted by atomic mass is 9.74. The van der Waals surface area contributed by atoms with Crippen LogP contribution in [-0.4, -0.2) is 103 Å². The second-order valence-corrected chi connectivity index (χ2v) is 20.7. The summed E-state index contributed by atoms with van der Waals surface area (Å²) in [6.45, 7) is 3.49. The van der Waals surface area contributed by atoms with E-state index in [1.807, 2.05) is 72.8 Å². The van der Waals surface area contributed by atoms with E-state index in [0.717, 1.165) is 86.8 Å². The molecule has 4 aromatic rings. The van der Waals surface area contributed by atoms with Crippen molar-refractivity contribution in [3.63, 3.8) is 0 Å². The molecule has 0 radical (unpaired) electrons. The van der Waals surface area contributed by atoms with E-state index >= 15 is 0 Å². The molecule has 0 aliphatic heterocycles. The smallest absolute Gasteiger partial charge is 0.223 e. The molecule has 2 aliphatic carbocycles. The normalized spacial score (nSPS) is 19.8. The molecule has 0 heterocycles. The van der Waals surface area contributed by atoms with Gasteiger partial charge in [0.1, 0.15) is 0 Å². The number of benzene rings is 4. The molecule has 0 bridgehead atoms. The van der Waals surface area contributed by atoms with Crippen LogP contribution in [0.1, 0.15) is 111 Å². The van der Waals surface area contributed by atoms with E-state index in [0.29, 0.717) is 24.7 Å². The summed E-state index contributed by atoms with van der Waals surface area (Å²) in [6.07, 6.45) is 11.5. The number of hydrogen-bond donors (Lipinski definition) is 3. The van der Waals surface area contributed by atoms with E-state index in [1.54, 1.807) is 4.90 Å². The van der Waals surface area contributed by atoms with Gasteiger partial charge in [0.2, 0.25) is 23.6 Å². The molecular weight excluding hydrogens is 918 g/mol. The van der Waals surface area contributed by atoms with E-state index in [9.17, 15) is 19.2 Å². The molecule has 0 atom stereocenters. The lowest BCUT2D eigenvalue weighted by molar-refractivity contribution is -0.134. The van der Waals surface area contributed by atoms with Crippen LogP contribution in [-0.2, 0) is 45.0 Å². The highest BCUT2D eigenvalue weighted by molar-refractivity contribution is 6.30. The van der Waals surface area contributed by atoms with Crippen LogP contribution in [0.4, 0.5) is 0 Å². The first-order chi connectivity index (χ1) is 33.6. The average Bonchev–Trinajstić information content (AvgIpc) is 3.33. The molecule has 2 saturated carbocycles. The van der Waals surface area contributed by atoms with Gasteiger partial charge in [0.15, 0.2) is 0 Å². The van der Waals surface area contributed by atoms with Gasteiger partial charge in [0.05, 0.1) is 12.5 Å². The van der Waals surface area contributed by atoms with Gasteiger partial charge in [-0.2, -0.15) is 5.26 Å². The Balaban J connectivity index is 0.000000261. The lowest BCUT2D eigenvalue weighted by Crippen LogP contribution is -2.52. The Hall–Kier alpha value is -5.25. The number of carbonyl (C=O) groups excluding carboxylic acids is 4. The second kappa shape index (κ2) is 28.0. The summed E-state index contributed by atoms with van der Waals surface area (Å²) in [5.74, 6) is -0.307. The number of nitrogens with zero attached hydrogens (tertiary/aromatic N) is 4. The van der Waals surface area contributed by atoms with Crippen molar-refractivity contribution in [1.29, 1.82) is 5.26 Å². The molecular formula is C57H75Cl2N7O4. The molecule has 4 amide bonds. The van der Waals surface area contributed by atoms with E-state index in [-0.39, 0.29) is 78.9 Å². The van der Waals surface area contributed by atoms with Crippen molar-refractivity contribution in [2.24, 2.45) is 0 Å². The van der Waals surface area contributed by atoms with Crippen molar-refractivity contribution >= 4 is 46.8 Å². The molecule has 0 saturated heterocycles. The van der Waals surface area contributed by atoms with E-state index in [1.165, 1.54) is 16.7 Å². The van der Waals surface area contributed by atoms with E-state index in [2.05, 4.69) is 97.3 Å². The zero-order valence-electron chi connectivity index (χ0n) is 42.1. The number of nitrogens with one attached hydrogen (secondary N) is 3. The second-order valence-electron chi connectivity index (χ2n) is 19.8. The van der Waals surface area contributed by atoms with Crippen molar-refractivity contribution < 1.29 is 19.2 Å². The number of amides is 4. The quantitative estimate of drug-likeness (QED) is 0.0757. The first-order valence-corrected chi connectivity index (χ1v) is 25.8. The number of likely N-dealkylation sites (N-methyl/N-ethyl adjacent to an activating group) is 2. The van der Waals surface area contributed by atoms with Gasteiger partial charge in [0, 0.05) is 78.5 Å². The predicted octanol–water partition coefficient (Wildman–Crippen LogP) is 9.65. The highest BCUT2D eigenvalue weighted by Gasteiger charge is 2.39. The van der Waals surface area contributed by atoms with Gasteiger partial charge >= 0.3 is 0 Å². The van der Waals surface area contributed by atoms with E-state index in [4.69, 9.17) is 28.5 Å². The number of aryl methyl sites for hydroxylation is 1. The number of nitriles is 1. The highest BCUT2D eigenvalue weighted by atomic mass is 35.5. The van der Waals surface area contributed by atoms with Crippen LogP contribution >= 0.6 is 23.2 Å². The van der Waals surface area contributed by atoms with Crippen LogP contribution in [0.25, 0.3) is 0 Å². The predicted molar refractivity (Wildman–Crippen MR) is 282 cm³/mol. The first-order valence-electron chi connectivity index (χ1n) is 25.0. The fraction of sp³-hybridized carbons (Fsp3) is 0.491. The highest BCUT2D eigenvalue weighted by Crippen LogP contribution is 2.37. The summed E-state index contributed by atoms with van der Waals surface area (Å²) in [6, 6.07) is 36.6. The van der Waals surface area contributed by atoms with Gasteiger partial charge < -0.3 is 30.7 Å². The molecule has 3 N–H and O–H groups in total. The maximum atomic E-state index is 12.8. The number of halogens is 2. The molecule has 4 aromatic carbocycles. The zero-order valence-corrected chi connectivity index (χ0v) is 43.6. The summed E-state index contributed by atoms with van der Waals surface area (Å²) in [5.41, 5.74) is 6.15. The van der Waals surface area contributed by atoms with Crippen LogP contribution in [0.2, 0.25) is 10.0 Å². The van der Waals surface area contributed by atoms with Crippen molar-refractivity contribution in [2.75, 3.05) is 41.3 Å². The molecule has 0 unspecified atom stereocenters. The lowest BCUT2D eigenvalue weighted by Gasteiger charge is -2.45. The van der Waals surface area contributed by atoms with Gasteiger partial charge in [-0.3, -0.25) is 19.2 Å². The number of hydrogen-bond acceptors (Lipinski definition) is 7. The monoisotopic (exact) mass is 992 g/mol. The average molecular weight is 993 g/mol. The minimum absolute atomic E-state index is 0.0361. The number of carbonyl (C=O) groups is 4. The van der Waals surface area contributed by atoms with Crippen LogP contribution in [0.3, 0.4) is 0 Å². The van der Waals surface area contributed by atoms with Gasteiger partial charge in [-0.1, -0.05) is 108 Å². The Morgan fingerprint density at radius 1 is 0.614 bits per heavy atom. The molecule has 376 valence electrons. The summed E-state index contributed by atoms with van der Waals surface area (Å²) in [7, 11) is 8.59. The third-order valence-electron chi connectivity index (χ3n) is 14.3. The van der Waals surface area contributed by atoms with Crippen molar-refractivity contribution in [2.45, 2.75) is 139 Å². The zero-order chi connectivity index (χ0) is 50.5. The number of rotatable bonds is 21. The first kappa shape index (κ1) is 55.7. The molecule has 13 heteroatoms. The third-order valence-corrected chi connectivity index (χ3v) is 14.8. The fourth-order valence-electron chi connectivity index (χ4n) is 10.0. The third kappa shape index (κ3) is 18.2. The minimum atomic E-state index is -0.0963. The molecule has 6 rings (SSSR count). The summed E-state index contributed by atoms with van der Waals surface area (Å²) >= 11 is 12.2. The van der Waals surface area contributed by atoms with Crippen LogP contribution in [0.5, 0.6) is 0 Å². The SMILES string of the molecule is CN(C)C1(Cc2cccc(Cl)c2)CCC(NC(=O)CCC(=O)N(CCC#N)Cc2ccccc2)CC1.Cc1cccc(CC2(N(C)C)CCC(NC(=O)CCC(=O)NCCc3cccc(Cl)c3)CC2)c1. The molecule has 0 aromatic heterocycles. The molecule has 11 nitrogen and oxygen atoms in total. The molecule has 2 fully saturated rings. The Kier molecular flexibility index (Phi) is 22.2. The Labute approximate surface area is 427 Å². The Morgan fingerprint density at radius 2 is 1.09 bits per heavy atom. The van der Waals surface area contributed by atoms with Gasteiger partial charge in [-0.25, -0.2) is 0 Å². The standard InChI is InChI=1S/C29H37ClN4O2.C28H38ClN3O2/c1-33(2)29(21-24-10-6-11-25(30)20-24)16-14-26(15-17-29)32-27(35)12-13-28(36)34(19-7-18-31)22-23-8-4-3-5-9-23;1-21-6-4-8-23(18-21)20-28(32(2)3)15-12-25(13-16-28)31-27(34)11-10-26(33)30-17-14-22-7-5-9-24(29)19-22/h3-6,8-11,20,26H,7,12-17,19,21-22H2,1-2H3,(H,32,35);4-9,18-19,25H,10-17,20H2,1-3H3,(H,30,33)(H,31,34). The molecule has 0 spiro atoms. The van der Waals surface area contributed by atoms with Crippen molar-refractivity contribution in [3.05, 3.63) is 141 Å². The maximum Gasteiger partial charge on any atom is 0.223 e. The van der Waals surface area contributed by atoms with Crippen LogP contribution in [0.15, 0.2) is 103 Å². The molecule has 2 aliphatic rings. The van der Waals surface area contributed by atoms with Gasteiger partial charge in [-0.05, 0) is 152 Å². The van der Waals surface area contributed by atoms with E-state index < -0.39 is 0 Å². The Morgan fingerprint density at radius 3 is 1.60 bits per heavy atom. The summed E-state index contributed by atoms with van der Waals surface area (Å²) in [5, 5.41) is 19.6. The summed E-state index contributed by atoms with van der Waals surface area (Å²) in [4.78, 5) is 56.4. The molecule has 70 heavy (non-hydrogen) atoms. The van der Waals surface area contributed by atoms with Gasteiger partial charge in [-0.15, -0.1) is 0 Å². The van der Waals surface area contributed by atoms with Crippen LogP contribution < -0.4 is 16.0 Å².